The molecular weight excluding hydrogens is 300 g/mol. The monoisotopic (exact) mass is 330 g/mol. The molecule has 0 aromatic rings. The maximum atomic E-state index is 11.8. The second-order valence-electron chi connectivity index (χ2n) is 7.28. The number of ether oxygens (including phenoxy) is 1. The topological polar surface area (TPSA) is 123 Å². The third kappa shape index (κ3) is 11.4. The second kappa shape index (κ2) is 8.71. The summed E-state index contributed by atoms with van der Waals surface area (Å²) in [6.07, 6.45) is 0.197. The van der Waals surface area contributed by atoms with Crippen LogP contribution in [0.5, 0.6) is 0 Å². The Kier molecular flexibility index (Phi) is 8.02. The quantitative estimate of drug-likeness (QED) is 0.557. The van der Waals surface area contributed by atoms with Crippen molar-refractivity contribution in [2.75, 3.05) is 13.1 Å². The predicted octanol–water partition coefficient (Wildman–Crippen LogP) is 1.10. The first-order valence-electron chi connectivity index (χ1n) is 7.64. The minimum absolute atomic E-state index is 0.0812. The minimum Gasteiger partial charge on any atom is -0.444 e. The van der Waals surface area contributed by atoms with Crippen LogP contribution in [0.3, 0.4) is 0 Å². The van der Waals surface area contributed by atoms with Gasteiger partial charge in [-0.25, -0.2) is 9.59 Å². The Morgan fingerprint density at radius 3 is 2.13 bits per heavy atom. The van der Waals surface area contributed by atoms with E-state index in [1.54, 1.807) is 20.8 Å². The molecule has 0 aliphatic rings. The Morgan fingerprint density at radius 2 is 1.70 bits per heavy atom. The molecule has 5 N–H and O–H groups in total. The van der Waals surface area contributed by atoms with E-state index in [1.807, 2.05) is 26.1 Å². The van der Waals surface area contributed by atoms with E-state index in [1.165, 1.54) is 0 Å². The van der Waals surface area contributed by atoms with Crippen LogP contribution < -0.4 is 21.7 Å². The molecule has 0 fully saturated rings. The molecule has 23 heavy (non-hydrogen) atoms. The molecule has 0 unspecified atom stereocenters. The zero-order valence-corrected chi connectivity index (χ0v) is 14.9. The molecule has 8 heteroatoms. The number of carbonyl (C=O) groups excluding carboxylic acids is 3. The molecule has 0 bridgehead atoms. The number of urea groups is 1. The van der Waals surface area contributed by atoms with Gasteiger partial charge in [-0.15, -0.1) is 0 Å². The molecular formula is C15H30N4O4. The van der Waals surface area contributed by atoms with Crippen LogP contribution >= 0.6 is 0 Å². The van der Waals surface area contributed by atoms with Crippen LogP contribution in [0.2, 0.25) is 0 Å². The van der Waals surface area contributed by atoms with Gasteiger partial charge in [-0.2, -0.15) is 0 Å². The van der Waals surface area contributed by atoms with Crippen molar-refractivity contribution in [1.82, 2.24) is 16.0 Å². The van der Waals surface area contributed by atoms with E-state index in [0.29, 0.717) is 12.3 Å². The molecule has 1 atom stereocenters. The van der Waals surface area contributed by atoms with Crippen molar-refractivity contribution in [3.05, 3.63) is 0 Å². The number of imide groups is 1. The van der Waals surface area contributed by atoms with Crippen molar-refractivity contribution in [2.45, 2.75) is 59.1 Å². The number of amides is 4. The van der Waals surface area contributed by atoms with Crippen molar-refractivity contribution in [2.24, 2.45) is 11.7 Å². The summed E-state index contributed by atoms with van der Waals surface area (Å²) >= 11 is 0. The lowest BCUT2D eigenvalue weighted by Gasteiger charge is -2.33. The SMILES string of the molecule is CC(C)C[C@@](C)(CNC(=O)OC(C)(C)C)NCC(=O)NC(N)=O. The molecule has 0 spiro atoms. The molecule has 4 amide bonds. The summed E-state index contributed by atoms with van der Waals surface area (Å²) in [6, 6.07) is -0.894. The van der Waals surface area contributed by atoms with Gasteiger partial charge in [0.1, 0.15) is 5.60 Å². The van der Waals surface area contributed by atoms with Gasteiger partial charge in [0, 0.05) is 12.1 Å². The lowest BCUT2D eigenvalue weighted by atomic mass is 9.90. The summed E-state index contributed by atoms with van der Waals surface area (Å²) in [5.41, 5.74) is 3.79. The highest BCUT2D eigenvalue weighted by Gasteiger charge is 2.27. The van der Waals surface area contributed by atoms with Crippen LogP contribution in [0.4, 0.5) is 9.59 Å². The third-order valence-corrected chi connectivity index (χ3v) is 2.82. The van der Waals surface area contributed by atoms with Crippen molar-refractivity contribution >= 4 is 18.0 Å². The van der Waals surface area contributed by atoms with E-state index >= 15 is 0 Å². The van der Waals surface area contributed by atoms with Gasteiger partial charge in [-0.3, -0.25) is 10.1 Å². The average Bonchev–Trinajstić information content (AvgIpc) is 2.30. The van der Waals surface area contributed by atoms with Crippen LogP contribution in [0.25, 0.3) is 0 Å². The third-order valence-electron chi connectivity index (χ3n) is 2.82. The van der Waals surface area contributed by atoms with Crippen LogP contribution in [-0.2, 0) is 9.53 Å². The fourth-order valence-electron chi connectivity index (χ4n) is 2.16. The number of alkyl carbamates (subject to hydrolysis) is 1. The van der Waals surface area contributed by atoms with Crippen LogP contribution in [0.15, 0.2) is 0 Å². The summed E-state index contributed by atoms with van der Waals surface area (Å²) in [6.45, 7) is 11.5. The summed E-state index contributed by atoms with van der Waals surface area (Å²) in [7, 11) is 0. The van der Waals surface area contributed by atoms with Gasteiger partial charge in [-0.1, -0.05) is 13.8 Å². The first-order valence-corrected chi connectivity index (χ1v) is 7.64. The van der Waals surface area contributed by atoms with E-state index < -0.39 is 29.2 Å². The Balaban J connectivity index is 4.62. The predicted molar refractivity (Wildman–Crippen MR) is 87.8 cm³/mol. The van der Waals surface area contributed by atoms with E-state index in [4.69, 9.17) is 10.5 Å². The molecule has 0 radical (unpaired) electrons. The maximum absolute atomic E-state index is 11.8. The Labute approximate surface area is 137 Å². The highest BCUT2D eigenvalue weighted by Crippen LogP contribution is 2.16. The van der Waals surface area contributed by atoms with Crippen LogP contribution in [0, 0.1) is 5.92 Å². The number of nitrogens with one attached hydrogen (secondary N) is 3. The molecule has 0 aromatic carbocycles. The lowest BCUT2D eigenvalue weighted by molar-refractivity contribution is -0.119. The number of nitrogens with two attached hydrogens (primary N) is 1. The molecule has 8 nitrogen and oxygen atoms in total. The van der Waals surface area contributed by atoms with Gasteiger partial charge in [0.2, 0.25) is 5.91 Å². The van der Waals surface area contributed by atoms with E-state index in [-0.39, 0.29) is 13.1 Å². The number of hydrogen-bond acceptors (Lipinski definition) is 5. The van der Waals surface area contributed by atoms with Gasteiger partial charge in [-0.05, 0) is 40.0 Å². The fourth-order valence-corrected chi connectivity index (χ4v) is 2.16. The van der Waals surface area contributed by atoms with E-state index in [9.17, 15) is 14.4 Å². The largest absolute Gasteiger partial charge is 0.444 e. The van der Waals surface area contributed by atoms with Crippen molar-refractivity contribution in [1.29, 1.82) is 0 Å². The molecule has 0 rings (SSSR count). The smallest absolute Gasteiger partial charge is 0.407 e. The zero-order chi connectivity index (χ0) is 18.3. The highest BCUT2D eigenvalue weighted by atomic mass is 16.6. The first-order chi connectivity index (χ1) is 10.3. The Morgan fingerprint density at radius 1 is 1.13 bits per heavy atom. The van der Waals surface area contributed by atoms with Crippen LogP contribution in [-0.4, -0.2) is 42.3 Å². The van der Waals surface area contributed by atoms with Crippen molar-refractivity contribution in [3.8, 4) is 0 Å². The first kappa shape index (κ1) is 21.2. The van der Waals surface area contributed by atoms with Gasteiger partial charge >= 0.3 is 12.1 Å². The Bertz CT molecular complexity index is 432. The highest BCUT2D eigenvalue weighted by molar-refractivity contribution is 5.94. The van der Waals surface area contributed by atoms with Gasteiger partial charge in [0.15, 0.2) is 0 Å². The zero-order valence-electron chi connectivity index (χ0n) is 14.9. The summed E-state index contributed by atoms with van der Waals surface area (Å²) in [5, 5.41) is 7.75. The second-order valence-corrected chi connectivity index (χ2v) is 7.28. The number of hydrogen-bond donors (Lipinski definition) is 4. The lowest BCUT2D eigenvalue weighted by Crippen LogP contribution is -2.55. The fraction of sp³-hybridized carbons (Fsp3) is 0.800. The number of carbonyl (C=O) groups is 3. The summed E-state index contributed by atoms with van der Waals surface area (Å²) < 4.78 is 5.20. The molecule has 134 valence electrons. The van der Waals surface area contributed by atoms with E-state index in [2.05, 4.69) is 10.6 Å². The minimum atomic E-state index is -0.894. The van der Waals surface area contributed by atoms with Crippen molar-refractivity contribution in [3.63, 3.8) is 0 Å². The summed E-state index contributed by atoms with van der Waals surface area (Å²) in [4.78, 5) is 33.9. The molecule has 0 heterocycles. The normalized spacial score (nSPS) is 14.0. The molecule has 0 aliphatic carbocycles. The van der Waals surface area contributed by atoms with Crippen LogP contribution in [0.1, 0.15) is 48.0 Å². The summed E-state index contributed by atoms with van der Waals surface area (Å²) in [5.74, 6) is -0.183. The molecule has 0 aromatic heterocycles. The van der Waals surface area contributed by atoms with Gasteiger partial charge < -0.3 is 21.1 Å². The molecule has 0 saturated carbocycles. The molecule has 0 aliphatic heterocycles. The van der Waals surface area contributed by atoms with E-state index in [0.717, 1.165) is 0 Å². The van der Waals surface area contributed by atoms with Gasteiger partial charge in [0.25, 0.3) is 0 Å². The standard InChI is InChI=1S/C15H30N4O4/c1-10(2)7-15(6,18-8-11(20)19-12(16)21)9-17-13(22)23-14(3,4)5/h10,18H,7-9H2,1-6H3,(H,17,22)(H3,16,19,20,21)/t15-/m0/s1. The Hall–Kier alpha value is -1.83. The maximum Gasteiger partial charge on any atom is 0.407 e. The van der Waals surface area contributed by atoms with Crippen molar-refractivity contribution < 1.29 is 19.1 Å². The van der Waals surface area contributed by atoms with Gasteiger partial charge in [0.05, 0.1) is 6.54 Å². The average molecular weight is 330 g/mol. The molecule has 0 saturated heterocycles. The number of primary amides is 1. The number of rotatable bonds is 7.